The van der Waals surface area contributed by atoms with Crippen LogP contribution < -0.4 is 9.75 Å². The van der Waals surface area contributed by atoms with Gasteiger partial charge in [-0.15, -0.1) is 0 Å². The molecule has 6 heteroatoms. The molecular formula is C20H21N3O3. The molecule has 6 nitrogen and oxygen atoms in total. The Bertz CT molecular complexity index is 821. The molecular weight excluding hydrogens is 330 g/mol. The summed E-state index contributed by atoms with van der Waals surface area (Å²) in [5.41, 5.74) is 0.947. The molecule has 1 aliphatic rings. The third kappa shape index (κ3) is 3.50. The van der Waals surface area contributed by atoms with Crippen LogP contribution in [-0.4, -0.2) is 41.7 Å². The summed E-state index contributed by atoms with van der Waals surface area (Å²) in [4.78, 5) is 29.3. The minimum atomic E-state index is -0.777. The van der Waals surface area contributed by atoms with E-state index in [0.29, 0.717) is 5.75 Å². The first kappa shape index (κ1) is 17.8. The molecule has 0 saturated carbocycles. The molecule has 2 atom stereocenters. The maximum Gasteiger partial charge on any atom is 0.289 e. The number of para-hydroxylation sites is 2. The van der Waals surface area contributed by atoms with Crippen molar-refractivity contribution in [1.82, 2.24) is 5.01 Å². The number of amides is 2. The summed E-state index contributed by atoms with van der Waals surface area (Å²) >= 11 is 0. The summed E-state index contributed by atoms with van der Waals surface area (Å²) in [7, 11) is 1.80. The number of anilines is 1. The van der Waals surface area contributed by atoms with Crippen LogP contribution in [0.15, 0.2) is 65.7 Å². The SMILES string of the molecule is CC(Oc1ccccc1)C(=O)N=C1C(=O)N(c2ccccc2)N(C)C1C. The van der Waals surface area contributed by atoms with E-state index in [1.165, 1.54) is 5.01 Å². The lowest BCUT2D eigenvalue weighted by Crippen LogP contribution is -2.38. The lowest BCUT2D eigenvalue weighted by molar-refractivity contribution is -0.124. The van der Waals surface area contributed by atoms with Crippen LogP contribution in [-0.2, 0) is 9.59 Å². The molecule has 2 aromatic rings. The molecule has 1 heterocycles. The highest BCUT2D eigenvalue weighted by Crippen LogP contribution is 2.24. The number of carbonyl (C=O) groups excluding carboxylic acids is 2. The van der Waals surface area contributed by atoms with Crippen LogP contribution in [0.3, 0.4) is 0 Å². The number of benzene rings is 2. The quantitative estimate of drug-likeness (QED) is 0.850. The van der Waals surface area contributed by atoms with E-state index in [-0.39, 0.29) is 17.7 Å². The van der Waals surface area contributed by atoms with Gasteiger partial charge in [-0.1, -0.05) is 36.4 Å². The van der Waals surface area contributed by atoms with Crippen molar-refractivity contribution in [2.75, 3.05) is 12.1 Å². The lowest BCUT2D eigenvalue weighted by atomic mass is 10.2. The minimum Gasteiger partial charge on any atom is -0.481 e. The highest BCUT2D eigenvalue weighted by molar-refractivity contribution is 6.48. The molecule has 2 aromatic carbocycles. The Balaban J connectivity index is 1.79. The third-order valence-corrected chi connectivity index (χ3v) is 4.32. The second-order valence-corrected chi connectivity index (χ2v) is 6.11. The maximum atomic E-state index is 12.8. The first-order valence-electron chi connectivity index (χ1n) is 8.45. The molecule has 0 radical (unpaired) electrons. The second kappa shape index (κ2) is 7.49. The fourth-order valence-corrected chi connectivity index (χ4v) is 2.75. The fourth-order valence-electron chi connectivity index (χ4n) is 2.75. The van der Waals surface area contributed by atoms with Crippen LogP contribution in [0.1, 0.15) is 13.8 Å². The number of ether oxygens (including phenoxy) is 1. The van der Waals surface area contributed by atoms with Gasteiger partial charge >= 0.3 is 0 Å². The van der Waals surface area contributed by atoms with Crippen molar-refractivity contribution in [3.05, 3.63) is 60.7 Å². The van der Waals surface area contributed by atoms with Gasteiger partial charge in [0.1, 0.15) is 11.5 Å². The summed E-state index contributed by atoms with van der Waals surface area (Å²) in [6, 6.07) is 18.0. The van der Waals surface area contributed by atoms with Crippen molar-refractivity contribution in [3.8, 4) is 5.75 Å². The summed E-state index contributed by atoms with van der Waals surface area (Å²) in [5.74, 6) is -0.193. The van der Waals surface area contributed by atoms with Crippen LogP contribution in [0.4, 0.5) is 5.69 Å². The number of nitrogens with zero attached hydrogens (tertiary/aromatic N) is 3. The van der Waals surface area contributed by atoms with Crippen LogP contribution >= 0.6 is 0 Å². The predicted octanol–water partition coefficient (Wildman–Crippen LogP) is 2.70. The number of carbonyl (C=O) groups is 2. The second-order valence-electron chi connectivity index (χ2n) is 6.11. The maximum absolute atomic E-state index is 12.8. The van der Waals surface area contributed by atoms with Gasteiger partial charge in [0.2, 0.25) is 0 Å². The number of aliphatic imine (C=N–C) groups is 1. The molecule has 0 aromatic heterocycles. The average Bonchev–Trinajstić information content (AvgIpc) is 2.86. The van der Waals surface area contributed by atoms with E-state index >= 15 is 0 Å². The average molecular weight is 351 g/mol. The molecule has 2 unspecified atom stereocenters. The van der Waals surface area contributed by atoms with Crippen molar-refractivity contribution >= 4 is 23.2 Å². The topological polar surface area (TPSA) is 62.2 Å². The highest BCUT2D eigenvalue weighted by Gasteiger charge is 2.40. The molecule has 1 aliphatic heterocycles. The Hall–Kier alpha value is -2.99. The largest absolute Gasteiger partial charge is 0.481 e. The van der Waals surface area contributed by atoms with E-state index in [2.05, 4.69) is 4.99 Å². The molecule has 134 valence electrons. The van der Waals surface area contributed by atoms with Crippen LogP contribution in [0, 0.1) is 0 Å². The zero-order valence-electron chi connectivity index (χ0n) is 15.0. The molecule has 0 spiro atoms. The normalized spacial score (nSPS) is 20.4. The Morgan fingerprint density at radius 2 is 1.65 bits per heavy atom. The number of hydrazine groups is 1. The Kier molecular flexibility index (Phi) is 5.14. The van der Waals surface area contributed by atoms with E-state index in [1.807, 2.05) is 55.5 Å². The van der Waals surface area contributed by atoms with Crippen LogP contribution in [0.5, 0.6) is 5.75 Å². The lowest BCUT2D eigenvalue weighted by Gasteiger charge is -2.25. The molecule has 0 aliphatic carbocycles. The zero-order chi connectivity index (χ0) is 18.7. The molecule has 0 bridgehead atoms. The monoisotopic (exact) mass is 351 g/mol. The van der Waals surface area contributed by atoms with Gasteiger partial charge in [0, 0.05) is 7.05 Å². The van der Waals surface area contributed by atoms with E-state index in [4.69, 9.17) is 4.74 Å². The van der Waals surface area contributed by atoms with Crippen molar-refractivity contribution in [1.29, 1.82) is 0 Å². The van der Waals surface area contributed by atoms with Gasteiger partial charge < -0.3 is 4.74 Å². The van der Waals surface area contributed by atoms with E-state index in [9.17, 15) is 9.59 Å². The minimum absolute atomic E-state index is 0.213. The Morgan fingerprint density at radius 1 is 1.08 bits per heavy atom. The summed E-state index contributed by atoms with van der Waals surface area (Å²) in [5, 5.41) is 3.30. The fraction of sp³-hybridized carbons (Fsp3) is 0.250. The molecule has 1 saturated heterocycles. The van der Waals surface area contributed by atoms with Gasteiger partial charge in [-0.3, -0.25) is 9.59 Å². The van der Waals surface area contributed by atoms with Crippen molar-refractivity contribution in [2.24, 2.45) is 4.99 Å². The summed E-state index contributed by atoms with van der Waals surface area (Å²) < 4.78 is 5.60. The van der Waals surface area contributed by atoms with Crippen molar-refractivity contribution in [3.63, 3.8) is 0 Å². The van der Waals surface area contributed by atoms with Gasteiger partial charge in [-0.25, -0.2) is 15.0 Å². The van der Waals surface area contributed by atoms with E-state index < -0.39 is 12.0 Å². The summed E-state index contributed by atoms with van der Waals surface area (Å²) in [6.07, 6.45) is -0.777. The van der Waals surface area contributed by atoms with Gasteiger partial charge in [0.15, 0.2) is 6.10 Å². The van der Waals surface area contributed by atoms with Crippen molar-refractivity contribution < 1.29 is 14.3 Å². The Labute approximate surface area is 152 Å². The highest BCUT2D eigenvalue weighted by atomic mass is 16.5. The number of hydrogen-bond acceptors (Lipinski definition) is 4. The Morgan fingerprint density at radius 3 is 2.27 bits per heavy atom. The zero-order valence-corrected chi connectivity index (χ0v) is 15.0. The number of rotatable bonds is 4. The standard InChI is InChI=1S/C20H21N3O3/c1-14-18(20(25)23(22(14)3)16-10-6-4-7-11-16)21-19(24)15(2)26-17-12-8-5-9-13-17/h4-15H,1-3H3. The molecule has 26 heavy (non-hydrogen) atoms. The van der Waals surface area contributed by atoms with Gasteiger partial charge in [0.05, 0.1) is 11.7 Å². The first-order valence-corrected chi connectivity index (χ1v) is 8.45. The molecule has 0 N–H and O–H groups in total. The van der Waals surface area contributed by atoms with Crippen LogP contribution in [0.2, 0.25) is 0 Å². The molecule has 1 fully saturated rings. The van der Waals surface area contributed by atoms with E-state index in [0.717, 1.165) is 5.69 Å². The van der Waals surface area contributed by atoms with E-state index in [1.54, 1.807) is 31.1 Å². The van der Waals surface area contributed by atoms with Gasteiger partial charge in [0.25, 0.3) is 11.8 Å². The van der Waals surface area contributed by atoms with Gasteiger partial charge in [-0.05, 0) is 38.1 Å². The first-order chi connectivity index (χ1) is 12.5. The van der Waals surface area contributed by atoms with Crippen LogP contribution in [0.25, 0.3) is 0 Å². The predicted molar refractivity (Wildman–Crippen MR) is 100 cm³/mol. The van der Waals surface area contributed by atoms with Gasteiger partial charge in [-0.2, -0.15) is 0 Å². The smallest absolute Gasteiger partial charge is 0.289 e. The third-order valence-electron chi connectivity index (χ3n) is 4.32. The molecule has 3 rings (SSSR count). The number of hydrogen-bond donors (Lipinski definition) is 0. The van der Waals surface area contributed by atoms with Crippen molar-refractivity contribution in [2.45, 2.75) is 26.0 Å². The molecule has 2 amide bonds. The summed E-state index contributed by atoms with van der Waals surface area (Å²) in [6.45, 7) is 3.47.